The van der Waals surface area contributed by atoms with Crippen LogP contribution < -0.4 is 0 Å². The Morgan fingerprint density at radius 2 is 2.00 bits per heavy atom. The predicted octanol–water partition coefficient (Wildman–Crippen LogP) is 4.19. The van der Waals surface area contributed by atoms with Gasteiger partial charge in [-0.15, -0.1) is 0 Å². The highest BCUT2D eigenvalue weighted by atomic mass is 16.5. The molecule has 17 heavy (non-hydrogen) atoms. The maximum absolute atomic E-state index is 10.9. The van der Waals surface area contributed by atoms with Gasteiger partial charge >= 0.3 is 5.97 Å². The molecule has 2 heteroatoms. The summed E-state index contributed by atoms with van der Waals surface area (Å²) in [5.41, 5.74) is 0. The van der Waals surface area contributed by atoms with Crippen molar-refractivity contribution in [1.82, 2.24) is 0 Å². The van der Waals surface area contributed by atoms with Crippen molar-refractivity contribution in [2.75, 3.05) is 0 Å². The molecule has 0 saturated heterocycles. The van der Waals surface area contributed by atoms with E-state index in [9.17, 15) is 4.79 Å². The van der Waals surface area contributed by atoms with Gasteiger partial charge in [-0.25, -0.2) is 0 Å². The third-order valence-corrected chi connectivity index (χ3v) is 2.34. The Hall–Kier alpha value is -1.31. The third kappa shape index (κ3) is 11.0. The molecule has 1 atom stereocenters. The molecule has 0 aliphatic rings. The number of ether oxygens (including phenoxy) is 1. The van der Waals surface area contributed by atoms with Crippen molar-refractivity contribution in [3.8, 4) is 0 Å². The maximum Gasteiger partial charge on any atom is 0.303 e. The zero-order valence-electron chi connectivity index (χ0n) is 11.0. The van der Waals surface area contributed by atoms with E-state index >= 15 is 0 Å². The van der Waals surface area contributed by atoms with Crippen LogP contribution in [-0.2, 0) is 9.53 Å². The van der Waals surface area contributed by atoms with Gasteiger partial charge in [0, 0.05) is 6.92 Å². The second-order valence-corrected chi connectivity index (χ2v) is 4.00. The molecule has 0 heterocycles. The molecule has 0 saturated carbocycles. The van der Waals surface area contributed by atoms with Gasteiger partial charge in [-0.05, 0) is 18.9 Å². The number of carbonyl (C=O) groups excluding carboxylic acids is 1. The Balaban J connectivity index is 4.03. The van der Waals surface area contributed by atoms with Crippen LogP contribution in [0.3, 0.4) is 0 Å². The van der Waals surface area contributed by atoms with Crippen molar-refractivity contribution in [2.45, 2.75) is 52.1 Å². The highest BCUT2D eigenvalue weighted by Crippen LogP contribution is 2.10. The van der Waals surface area contributed by atoms with Crippen LogP contribution in [0, 0.1) is 0 Å². The lowest BCUT2D eigenvalue weighted by atomic mass is 10.1. The number of allylic oxidation sites excluding steroid dienone is 4. The second kappa shape index (κ2) is 11.2. The molecule has 0 aliphatic heterocycles. The molecular weight excluding hydrogens is 212 g/mol. The lowest BCUT2D eigenvalue weighted by molar-refractivity contribution is -0.144. The zero-order valence-corrected chi connectivity index (χ0v) is 11.0. The van der Waals surface area contributed by atoms with Crippen LogP contribution in [0.15, 0.2) is 37.0 Å². The summed E-state index contributed by atoms with van der Waals surface area (Å²) >= 11 is 0. The summed E-state index contributed by atoms with van der Waals surface area (Å²) < 4.78 is 5.23. The highest BCUT2D eigenvalue weighted by molar-refractivity contribution is 5.66. The lowest BCUT2D eigenvalue weighted by Gasteiger charge is -2.12. The fraction of sp³-hybridized carbons (Fsp3) is 0.533. The number of rotatable bonds is 9. The Kier molecular flexibility index (Phi) is 10.3. The fourth-order valence-corrected chi connectivity index (χ4v) is 1.51. The molecule has 0 spiro atoms. The number of unbranched alkanes of at least 4 members (excludes halogenated alkanes) is 3. The summed E-state index contributed by atoms with van der Waals surface area (Å²) in [7, 11) is 0. The Bertz CT molecular complexity index is 264. The van der Waals surface area contributed by atoms with Crippen LogP contribution in [-0.4, -0.2) is 12.1 Å². The fourth-order valence-electron chi connectivity index (χ4n) is 1.51. The molecule has 0 aliphatic carbocycles. The minimum absolute atomic E-state index is 0.0983. The first kappa shape index (κ1) is 15.7. The Morgan fingerprint density at radius 3 is 2.59 bits per heavy atom. The zero-order chi connectivity index (χ0) is 12.9. The standard InChI is InChI=1S/C15H24O2/c1-4-6-8-10-12-15(17-14(3)16)13-11-9-7-5-2/h4,6,8,10,12,15H,1,5,7,9,11,13H2,2-3H3. The van der Waals surface area contributed by atoms with Gasteiger partial charge in [0.15, 0.2) is 0 Å². The van der Waals surface area contributed by atoms with Crippen LogP contribution in [0.5, 0.6) is 0 Å². The summed E-state index contributed by atoms with van der Waals surface area (Å²) in [5, 5.41) is 0. The van der Waals surface area contributed by atoms with Gasteiger partial charge in [-0.3, -0.25) is 4.79 Å². The molecule has 0 amide bonds. The quantitative estimate of drug-likeness (QED) is 0.341. The average Bonchev–Trinajstić information content (AvgIpc) is 2.29. The van der Waals surface area contributed by atoms with Crippen LogP contribution >= 0.6 is 0 Å². The van der Waals surface area contributed by atoms with Crippen LogP contribution in [0.4, 0.5) is 0 Å². The molecule has 2 nitrogen and oxygen atoms in total. The van der Waals surface area contributed by atoms with Crippen molar-refractivity contribution in [1.29, 1.82) is 0 Å². The van der Waals surface area contributed by atoms with Gasteiger partial charge in [0.05, 0.1) is 0 Å². The molecule has 0 radical (unpaired) electrons. The highest BCUT2D eigenvalue weighted by Gasteiger charge is 2.06. The lowest BCUT2D eigenvalue weighted by Crippen LogP contribution is -2.13. The SMILES string of the molecule is C=CC=CC=CC(CCCCCC)OC(C)=O. The first-order valence-corrected chi connectivity index (χ1v) is 6.33. The Labute approximate surface area is 105 Å². The van der Waals surface area contributed by atoms with Gasteiger partial charge in [-0.1, -0.05) is 57.1 Å². The van der Waals surface area contributed by atoms with Crippen LogP contribution in [0.25, 0.3) is 0 Å². The minimum Gasteiger partial charge on any atom is -0.458 e. The van der Waals surface area contributed by atoms with E-state index < -0.39 is 0 Å². The smallest absolute Gasteiger partial charge is 0.303 e. The van der Waals surface area contributed by atoms with Crippen molar-refractivity contribution in [2.24, 2.45) is 0 Å². The predicted molar refractivity (Wildman–Crippen MR) is 72.8 cm³/mol. The number of esters is 1. The summed E-state index contributed by atoms with van der Waals surface area (Å²) in [6.45, 7) is 7.22. The monoisotopic (exact) mass is 236 g/mol. The molecule has 0 fully saturated rings. The first-order chi connectivity index (χ1) is 8.20. The molecule has 0 N–H and O–H groups in total. The van der Waals surface area contributed by atoms with Crippen molar-refractivity contribution < 1.29 is 9.53 Å². The van der Waals surface area contributed by atoms with Crippen LogP contribution in [0.1, 0.15) is 46.0 Å². The topological polar surface area (TPSA) is 26.3 Å². The molecule has 0 bridgehead atoms. The van der Waals surface area contributed by atoms with E-state index in [4.69, 9.17) is 4.74 Å². The minimum atomic E-state index is -0.220. The molecule has 0 aromatic rings. The summed E-state index contributed by atoms with van der Waals surface area (Å²) in [6.07, 6.45) is 14.8. The first-order valence-electron chi connectivity index (χ1n) is 6.33. The van der Waals surface area contributed by atoms with E-state index in [1.54, 1.807) is 6.08 Å². The average molecular weight is 236 g/mol. The third-order valence-electron chi connectivity index (χ3n) is 2.34. The van der Waals surface area contributed by atoms with E-state index in [0.717, 1.165) is 12.8 Å². The summed E-state index contributed by atoms with van der Waals surface area (Å²) in [6, 6.07) is 0. The largest absolute Gasteiger partial charge is 0.458 e. The molecule has 0 aromatic heterocycles. The molecular formula is C15H24O2. The maximum atomic E-state index is 10.9. The van der Waals surface area contributed by atoms with Crippen molar-refractivity contribution >= 4 is 5.97 Å². The van der Waals surface area contributed by atoms with E-state index in [-0.39, 0.29) is 12.1 Å². The van der Waals surface area contributed by atoms with E-state index in [0.29, 0.717) is 0 Å². The Morgan fingerprint density at radius 1 is 1.24 bits per heavy atom. The van der Waals surface area contributed by atoms with Gasteiger partial charge in [0.1, 0.15) is 6.10 Å². The van der Waals surface area contributed by atoms with Crippen molar-refractivity contribution in [3.05, 3.63) is 37.0 Å². The summed E-state index contributed by atoms with van der Waals surface area (Å²) in [5.74, 6) is -0.220. The van der Waals surface area contributed by atoms with Crippen LogP contribution in [0.2, 0.25) is 0 Å². The van der Waals surface area contributed by atoms with Gasteiger partial charge in [0.25, 0.3) is 0 Å². The number of carbonyl (C=O) groups is 1. The van der Waals surface area contributed by atoms with Gasteiger partial charge < -0.3 is 4.74 Å². The molecule has 0 aromatic carbocycles. The van der Waals surface area contributed by atoms with Gasteiger partial charge in [-0.2, -0.15) is 0 Å². The summed E-state index contributed by atoms with van der Waals surface area (Å²) in [4.78, 5) is 10.9. The number of hydrogen-bond acceptors (Lipinski definition) is 2. The molecule has 0 rings (SSSR count). The molecule has 96 valence electrons. The normalized spacial score (nSPS) is 13.1. The van der Waals surface area contributed by atoms with Gasteiger partial charge in [0.2, 0.25) is 0 Å². The van der Waals surface area contributed by atoms with E-state index in [1.807, 2.05) is 24.3 Å². The van der Waals surface area contributed by atoms with Crippen molar-refractivity contribution in [3.63, 3.8) is 0 Å². The van der Waals surface area contributed by atoms with E-state index in [2.05, 4.69) is 13.5 Å². The van der Waals surface area contributed by atoms with E-state index in [1.165, 1.54) is 26.2 Å². The number of hydrogen-bond donors (Lipinski definition) is 0. The molecule has 1 unspecified atom stereocenters. The second-order valence-electron chi connectivity index (χ2n) is 4.00.